The van der Waals surface area contributed by atoms with Gasteiger partial charge < -0.3 is 26.5 Å². The van der Waals surface area contributed by atoms with E-state index in [9.17, 15) is 14.4 Å². The van der Waals surface area contributed by atoms with Gasteiger partial charge in [0.2, 0.25) is 5.91 Å². The van der Waals surface area contributed by atoms with E-state index >= 15 is 0 Å². The van der Waals surface area contributed by atoms with E-state index in [-0.39, 0.29) is 28.2 Å². The Hall–Kier alpha value is -4.38. The van der Waals surface area contributed by atoms with Crippen LogP contribution in [0.3, 0.4) is 0 Å². The number of nitrogens with two attached hydrogens (primary N) is 2. The number of carbonyl (C=O) groups is 3. The Morgan fingerprint density at radius 2 is 1.82 bits per heavy atom. The number of rotatable bonds is 8. The summed E-state index contributed by atoms with van der Waals surface area (Å²) in [6.45, 7) is 0. The van der Waals surface area contributed by atoms with Gasteiger partial charge in [-0.15, -0.1) is 0 Å². The van der Waals surface area contributed by atoms with Gasteiger partial charge in [0.05, 0.1) is 18.5 Å². The Morgan fingerprint density at radius 3 is 2.54 bits per heavy atom. The zero-order chi connectivity index (χ0) is 27.5. The quantitative estimate of drug-likeness (QED) is 0.260. The molecule has 0 radical (unpaired) electrons. The molecule has 0 aliphatic heterocycles. The predicted molar refractivity (Wildman–Crippen MR) is 151 cm³/mol. The van der Waals surface area contributed by atoms with Crippen molar-refractivity contribution in [3.8, 4) is 5.75 Å². The fourth-order valence-corrected chi connectivity index (χ4v) is 5.92. The lowest BCUT2D eigenvalue weighted by atomic mass is 9.94. The molecule has 3 amide bonds. The summed E-state index contributed by atoms with van der Waals surface area (Å²) in [6, 6.07) is 13.5. The zero-order valence-corrected chi connectivity index (χ0v) is 22.3. The van der Waals surface area contributed by atoms with Gasteiger partial charge >= 0.3 is 0 Å². The highest BCUT2D eigenvalue weighted by molar-refractivity contribution is 7.09. The number of hydrogen-bond acceptors (Lipinski definition) is 7. The number of primary amides is 1. The smallest absolute Gasteiger partial charge is 0.273 e. The number of amides is 3. The molecular formula is C28H30N6O4S. The largest absolute Gasteiger partial charge is 0.495 e. The number of fused-ring (bicyclic) bond motifs is 1. The van der Waals surface area contributed by atoms with E-state index in [0.29, 0.717) is 17.0 Å². The molecule has 1 aliphatic carbocycles. The van der Waals surface area contributed by atoms with Crippen molar-refractivity contribution in [3.05, 3.63) is 70.9 Å². The molecule has 1 fully saturated rings. The molecule has 4 aromatic rings. The third-order valence-electron chi connectivity index (χ3n) is 7.09. The Labute approximate surface area is 229 Å². The number of H-pyrrole nitrogens is 1. The van der Waals surface area contributed by atoms with Gasteiger partial charge in [-0.2, -0.15) is 4.37 Å². The first-order chi connectivity index (χ1) is 18.9. The number of nitrogens with zero attached hydrogens (tertiary/aromatic N) is 2. The number of aromatic amines is 1. The van der Waals surface area contributed by atoms with E-state index in [0.717, 1.165) is 54.5 Å². The first-order valence-corrected chi connectivity index (χ1v) is 13.6. The molecule has 0 spiro atoms. The lowest BCUT2D eigenvalue weighted by Crippen LogP contribution is -2.47. The van der Waals surface area contributed by atoms with Crippen molar-refractivity contribution in [1.29, 1.82) is 0 Å². The van der Waals surface area contributed by atoms with Gasteiger partial charge in [0.15, 0.2) is 5.69 Å². The Kier molecular flexibility index (Phi) is 7.51. The van der Waals surface area contributed by atoms with Crippen molar-refractivity contribution >= 4 is 51.5 Å². The van der Waals surface area contributed by atoms with Crippen molar-refractivity contribution in [2.45, 2.75) is 44.2 Å². The molecule has 2 heterocycles. The predicted octanol–water partition coefficient (Wildman–Crippen LogP) is 4.15. The molecule has 11 heteroatoms. The number of para-hydroxylation sites is 3. The van der Waals surface area contributed by atoms with Gasteiger partial charge in [0, 0.05) is 28.7 Å². The second-order valence-corrected chi connectivity index (χ2v) is 10.3. The molecular weight excluding hydrogens is 516 g/mol. The maximum Gasteiger partial charge on any atom is 0.273 e. The number of ether oxygens (including phenoxy) is 1. The van der Waals surface area contributed by atoms with E-state index in [1.165, 1.54) is 12.0 Å². The fourth-order valence-electron chi connectivity index (χ4n) is 5.18. The number of nitrogens with one attached hydrogen (secondary N) is 2. The number of aromatic nitrogens is 2. The summed E-state index contributed by atoms with van der Waals surface area (Å²) in [5.41, 5.74) is 13.1. The number of hydrogen-bond donors (Lipinski definition) is 4. The normalized spacial score (nSPS) is 14.6. The summed E-state index contributed by atoms with van der Waals surface area (Å²) in [7, 11) is 1.50. The molecule has 1 saturated carbocycles. The van der Waals surface area contributed by atoms with Gasteiger partial charge in [-0.1, -0.05) is 49.6 Å². The average molecular weight is 547 g/mol. The Morgan fingerprint density at radius 1 is 1.10 bits per heavy atom. The Bertz CT molecular complexity index is 1520. The summed E-state index contributed by atoms with van der Waals surface area (Å²) in [5.74, 6) is -1.38. The standard InChI is InChI=1S/C28H30N6O4S/c1-38-21-14-8-7-13-20(21)34(28(37)25-22(29)23(26(30)35)33-39-25)24(27(36)32-16-9-3-2-4-10-16)18-15-31-19-12-6-5-11-17(18)19/h5-8,11-16,24,31H,2-4,9-10,29H2,1H3,(H2,30,35)(H,32,36). The average Bonchev–Trinajstić information content (AvgIpc) is 3.55. The topological polar surface area (TPSA) is 156 Å². The van der Waals surface area contributed by atoms with Gasteiger partial charge in [-0.3, -0.25) is 19.3 Å². The third kappa shape index (κ3) is 5.05. The maximum atomic E-state index is 14.4. The molecule has 39 heavy (non-hydrogen) atoms. The van der Waals surface area contributed by atoms with Gasteiger partial charge in [-0.05, 0) is 42.6 Å². The lowest BCUT2D eigenvalue weighted by Gasteiger charge is -2.33. The van der Waals surface area contributed by atoms with Crippen molar-refractivity contribution < 1.29 is 19.1 Å². The summed E-state index contributed by atoms with van der Waals surface area (Å²) in [5, 5.41) is 3.99. The van der Waals surface area contributed by atoms with Crippen LogP contribution in [0.15, 0.2) is 54.7 Å². The second kappa shape index (κ2) is 11.2. The minimum absolute atomic E-state index is 0.00325. The van der Waals surface area contributed by atoms with E-state index in [1.54, 1.807) is 30.5 Å². The molecule has 202 valence electrons. The van der Waals surface area contributed by atoms with Crippen molar-refractivity contribution in [1.82, 2.24) is 14.7 Å². The van der Waals surface area contributed by atoms with Crippen LogP contribution >= 0.6 is 11.5 Å². The molecule has 1 unspecified atom stereocenters. The highest BCUT2D eigenvalue weighted by Gasteiger charge is 2.39. The number of nitrogen functional groups attached to an aromatic ring is 1. The van der Waals surface area contributed by atoms with Crippen LogP contribution in [0, 0.1) is 0 Å². The van der Waals surface area contributed by atoms with Gasteiger partial charge in [-0.25, -0.2) is 0 Å². The van der Waals surface area contributed by atoms with E-state index in [1.807, 2.05) is 24.3 Å². The van der Waals surface area contributed by atoms with Crippen molar-refractivity contribution in [2.75, 3.05) is 17.7 Å². The van der Waals surface area contributed by atoms with Crippen LogP contribution in [0.5, 0.6) is 5.75 Å². The molecule has 0 bridgehead atoms. The molecule has 2 aromatic carbocycles. The van der Waals surface area contributed by atoms with Crippen LogP contribution in [0.25, 0.3) is 10.9 Å². The fraction of sp³-hybridized carbons (Fsp3) is 0.286. The molecule has 5 rings (SSSR count). The molecule has 6 N–H and O–H groups in total. The van der Waals surface area contributed by atoms with Gasteiger partial charge in [0.25, 0.3) is 11.8 Å². The highest BCUT2D eigenvalue weighted by Crippen LogP contribution is 2.40. The van der Waals surface area contributed by atoms with E-state index in [4.69, 9.17) is 16.2 Å². The summed E-state index contributed by atoms with van der Waals surface area (Å²) >= 11 is 0.767. The minimum Gasteiger partial charge on any atom is -0.495 e. The van der Waals surface area contributed by atoms with Crippen molar-refractivity contribution in [3.63, 3.8) is 0 Å². The Balaban J connectivity index is 1.70. The summed E-state index contributed by atoms with van der Waals surface area (Å²) in [4.78, 5) is 45.1. The van der Waals surface area contributed by atoms with Crippen LogP contribution in [0.1, 0.15) is 63.9 Å². The zero-order valence-electron chi connectivity index (χ0n) is 21.5. The summed E-state index contributed by atoms with van der Waals surface area (Å²) in [6.07, 6.45) is 6.70. The van der Waals surface area contributed by atoms with Crippen LogP contribution < -0.4 is 26.4 Å². The van der Waals surface area contributed by atoms with Crippen LogP contribution in [0.2, 0.25) is 0 Å². The monoisotopic (exact) mass is 546 g/mol. The van der Waals surface area contributed by atoms with Crippen molar-refractivity contribution in [2.24, 2.45) is 5.73 Å². The SMILES string of the molecule is COc1ccccc1N(C(=O)c1snc(C(N)=O)c1N)C(C(=O)NC1CCCCC1)c1c[nH]c2ccccc12. The maximum absolute atomic E-state index is 14.4. The molecule has 0 saturated heterocycles. The first-order valence-electron chi connectivity index (χ1n) is 12.8. The number of methoxy groups -OCH3 is 1. The molecule has 1 atom stereocenters. The van der Waals surface area contributed by atoms with Crippen LogP contribution in [-0.2, 0) is 4.79 Å². The summed E-state index contributed by atoms with van der Waals surface area (Å²) < 4.78 is 9.64. The first kappa shape index (κ1) is 26.2. The molecule has 2 aromatic heterocycles. The van der Waals surface area contributed by atoms with Crippen LogP contribution in [-0.4, -0.2) is 40.2 Å². The number of benzene rings is 2. The lowest BCUT2D eigenvalue weighted by molar-refractivity contribution is -0.123. The number of anilines is 2. The molecule has 1 aliphatic rings. The molecule has 10 nitrogen and oxygen atoms in total. The highest BCUT2D eigenvalue weighted by atomic mass is 32.1. The third-order valence-corrected chi connectivity index (χ3v) is 7.94. The van der Waals surface area contributed by atoms with Crippen LogP contribution in [0.4, 0.5) is 11.4 Å². The second-order valence-electron chi connectivity index (χ2n) is 9.52. The van der Waals surface area contributed by atoms with E-state index in [2.05, 4.69) is 14.7 Å². The van der Waals surface area contributed by atoms with Gasteiger partial charge in [0.1, 0.15) is 16.7 Å². The van der Waals surface area contributed by atoms with E-state index < -0.39 is 17.9 Å². The number of carbonyl (C=O) groups excluding carboxylic acids is 3. The minimum atomic E-state index is -1.09.